The molecule has 1 atom stereocenters. The summed E-state index contributed by atoms with van der Waals surface area (Å²) in [5, 5.41) is 3.20. The summed E-state index contributed by atoms with van der Waals surface area (Å²) in [5.74, 6) is -0.226. The summed E-state index contributed by atoms with van der Waals surface area (Å²) in [7, 11) is 3.26. The van der Waals surface area contributed by atoms with Crippen molar-refractivity contribution in [3.05, 3.63) is 34.3 Å². The van der Waals surface area contributed by atoms with Gasteiger partial charge in [0, 0.05) is 4.47 Å². The fraction of sp³-hybridized carbons (Fsp3) is 0.462. The maximum atomic E-state index is 12.0. The molecule has 1 aliphatic heterocycles. The third-order valence-corrected chi connectivity index (χ3v) is 3.88. The van der Waals surface area contributed by atoms with Crippen LogP contribution in [0.2, 0.25) is 0 Å². The van der Waals surface area contributed by atoms with Crippen LogP contribution >= 0.6 is 15.9 Å². The molecule has 0 radical (unpaired) electrons. The van der Waals surface area contributed by atoms with Crippen molar-refractivity contribution >= 4 is 21.9 Å². The molecule has 1 aromatic carbocycles. The number of carbonyl (C=O) groups excluding carboxylic acids is 1. The highest BCUT2D eigenvalue weighted by Crippen LogP contribution is 2.41. The first kappa shape index (κ1) is 13.5. The number of rotatable bonds is 4. The second kappa shape index (κ2) is 5.38. The molecule has 0 saturated carbocycles. The van der Waals surface area contributed by atoms with Gasteiger partial charge in [-0.2, -0.15) is 0 Å². The van der Waals surface area contributed by atoms with Crippen molar-refractivity contribution in [2.75, 3.05) is 27.4 Å². The Balaban J connectivity index is 2.32. The summed E-state index contributed by atoms with van der Waals surface area (Å²) >= 11 is 3.40. The monoisotopic (exact) mass is 313 g/mol. The van der Waals surface area contributed by atoms with Gasteiger partial charge in [0.05, 0.1) is 26.4 Å². The third kappa shape index (κ3) is 2.18. The van der Waals surface area contributed by atoms with Crippen LogP contribution < -0.4 is 5.32 Å². The summed E-state index contributed by atoms with van der Waals surface area (Å²) in [6.45, 7) is 0.780. The molecule has 1 aliphatic rings. The van der Waals surface area contributed by atoms with Gasteiger partial charge in [-0.05, 0) is 24.7 Å². The molecule has 0 bridgehead atoms. The highest BCUT2D eigenvalue weighted by atomic mass is 79.9. The molecule has 0 amide bonds. The Bertz CT molecular complexity index is 428. The van der Waals surface area contributed by atoms with Gasteiger partial charge in [0.15, 0.2) is 0 Å². The van der Waals surface area contributed by atoms with Gasteiger partial charge in [0.1, 0.15) is 5.41 Å². The molecule has 2 rings (SSSR count). The number of hydrogen-bond acceptors (Lipinski definition) is 4. The molecular formula is C13H16BrNO3. The van der Waals surface area contributed by atoms with Crippen molar-refractivity contribution in [2.45, 2.75) is 6.04 Å². The van der Waals surface area contributed by atoms with Crippen LogP contribution in [0.4, 0.5) is 0 Å². The number of methoxy groups -OCH3 is 1. The second-order valence-corrected chi connectivity index (χ2v) is 5.33. The molecule has 18 heavy (non-hydrogen) atoms. The number of ether oxygens (including phenoxy) is 2. The van der Waals surface area contributed by atoms with Crippen LogP contribution in [-0.4, -0.2) is 33.3 Å². The van der Waals surface area contributed by atoms with E-state index < -0.39 is 5.41 Å². The van der Waals surface area contributed by atoms with Crippen molar-refractivity contribution in [1.29, 1.82) is 0 Å². The normalized spacial score (nSPS) is 18.8. The Morgan fingerprint density at radius 3 is 2.44 bits per heavy atom. The van der Waals surface area contributed by atoms with E-state index in [0.29, 0.717) is 13.2 Å². The van der Waals surface area contributed by atoms with E-state index in [-0.39, 0.29) is 12.0 Å². The summed E-state index contributed by atoms with van der Waals surface area (Å²) in [5.41, 5.74) is 0.437. The Morgan fingerprint density at radius 1 is 1.44 bits per heavy atom. The van der Waals surface area contributed by atoms with E-state index in [0.717, 1.165) is 10.0 Å². The number of benzene rings is 1. The molecule has 0 aliphatic carbocycles. The predicted octanol–water partition coefficient (Wildman–Crippen LogP) is 1.90. The quantitative estimate of drug-likeness (QED) is 0.863. The Morgan fingerprint density at radius 2 is 2.06 bits per heavy atom. The fourth-order valence-corrected chi connectivity index (χ4v) is 2.61. The van der Waals surface area contributed by atoms with Crippen LogP contribution in [0, 0.1) is 5.41 Å². The standard InChI is InChI=1S/C13H16BrNO3/c1-15-11(9-3-5-10(14)6-4-9)13(7-18-8-13)12(16)17-2/h3-6,11,15H,7-8H2,1-2H3. The van der Waals surface area contributed by atoms with Crippen LogP contribution in [0.25, 0.3) is 0 Å². The topological polar surface area (TPSA) is 47.6 Å². The molecule has 98 valence electrons. The highest BCUT2D eigenvalue weighted by Gasteiger charge is 2.53. The van der Waals surface area contributed by atoms with E-state index in [1.54, 1.807) is 0 Å². The lowest BCUT2D eigenvalue weighted by Gasteiger charge is -2.44. The van der Waals surface area contributed by atoms with Crippen LogP contribution in [0.3, 0.4) is 0 Å². The Hall–Kier alpha value is -0.910. The summed E-state index contributed by atoms with van der Waals surface area (Å²) in [6.07, 6.45) is 0. The SMILES string of the molecule is CNC(c1ccc(Br)cc1)C1(C(=O)OC)COC1. The fourth-order valence-electron chi connectivity index (χ4n) is 2.34. The van der Waals surface area contributed by atoms with Gasteiger partial charge in [-0.25, -0.2) is 0 Å². The van der Waals surface area contributed by atoms with Crippen molar-refractivity contribution in [2.24, 2.45) is 5.41 Å². The van der Waals surface area contributed by atoms with E-state index in [2.05, 4.69) is 21.2 Å². The molecule has 1 fully saturated rings. The molecular weight excluding hydrogens is 298 g/mol. The zero-order valence-electron chi connectivity index (χ0n) is 10.4. The minimum absolute atomic E-state index is 0.105. The summed E-state index contributed by atoms with van der Waals surface area (Å²) < 4.78 is 11.2. The zero-order valence-corrected chi connectivity index (χ0v) is 12.0. The average Bonchev–Trinajstić information content (AvgIpc) is 2.34. The smallest absolute Gasteiger partial charge is 0.318 e. The number of carbonyl (C=O) groups is 1. The second-order valence-electron chi connectivity index (χ2n) is 4.41. The van der Waals surface area contributed by atoms with Gasteiger partial charge in [0.25, 0.3) is 0 Å². The van der Waals surface area contributed by atoms with E-state index in [9.17, 15) is 4.79 Å². The first-order valence-corrected chi connectivity index (χ1v) is 6.52. The van der Waals surface area contributed by atoms with E-state index in [1.165, 1.54) is 7.11 Å². The van der Waals surface area contributed by atoms with Crippen molar-refractivity contribution in [3.63, 3.8) is 0 Å². The average molecular weight is 314 g/mol. The van der Waals surface area contributed by atoms with Crippen LogP contribution in [-0.2, 0) is 14.3 Å². The molecule has 1 N–H and O–H groups in total. The lowest BCUT2D eigenvalue weighted by molar-refractivity contribution is -0.190. The van der Waals surface area contributed by atoms with E-state index in [1.807, 2.05) is 31.3 Å². The van der Waals surface area contributed by atoms with Crippen molar-refractivity contribution in [1.82, 2.24) is 5.32 Å². The maximum absolute atomic E-state index is 12.0. The molecule has 1 unspecified atom stereocenters. The van der Waals surface area contributed by atoms with Crippen LogP contribution in [0.1, 0.15) is 11.6 Å². The van der Waals surface area contributed by atoms with Gasteiger partial charge < -0.3 is 14.8 Å². The van der Waals surface area contributed by atoms with Crippen LogP contribution in [0.5, 0.6) is 0 Å². The van der Waals surface area contributed by atoms with Gasteiger partial charge in [-0.15, -0.1) is 0 Å². The molecule has 5 heteroatoms. The Kier molecular flexibility index (Phi) is 4.04. The molecule has 0 aromatic heterocycles. The maximum Gasteiger partial charge on any atom is 0.318 e. The third-order valence-electron chi connectivity index (χ3n) is 3.36. The largest absolute Gasteiger partial charge is 0.468 e. The number of nitrogens with one attached hydrogen (secondary N) is 1. The van der Waals surface area contributed by atoms with Gasteiger partial charge >= 0.3 is 5.97 Å². The number of hydrogen-bond donors (Lipinski definition) is 1. The highest BCUT2D eigenvalue weighted by molar-refractivity contribution is 9.10. The molecule has 0 spiro atoms. The Labute approximate surface area is 115 Å². The zero-order chi connectivity index (χ0) is 13.2. The first-order valence-electron chi connectivity index (χ1n) is 5.73. The molecule has 1 heterocycles. The predicted molar refractivity (Wildman–Crippen MR) is 71.2 cm³/mol. The minimum Gasteiger partial charge on any atom is -0.468 e. The molecule has 4 nitrogen and oxygen atoms in total. The minimum atomic E-state index is -0.614. The van der Waals surface area contributed by atoms with Gasteiger partial charge in [-0.3, -0.25) is 4.79 Å². The van der Waals surface area contributed by atoms with Gasteiger partial charge in [-0.1, -0.05) is 28.1 Å². The first-order chi connectivity index (χ1) is 8.64. The van der Waals surface area contributed by atoms with Crippen LogP contribution in [0.15, 0.2) is 28.7 Å². The van der Waals surface area contributed by atoms with Gasteiger partial charge in [0.2, 0.25) is 0 Å². The van der Waals surface area contributed by atoms with E-state index in [4.69, 9.17) is 9.47 Å². The summed E-state index contributed by atoms with van der Waals surface area (Å²) in [4.78, 5) is 12.0. The summed E-state index contributed by atoms with van der Waals surface area (Å²) in [6, 6.07) is 7.81. The number of esters is 1. The lowest BCUT2D eigenvalue weighted by atomic mass is 9.75. The van der Waals surface area contributed by atoms with Crippen molar-refractivity contribution in [3.8, 4) is 0 Å². The number of halogens is 1. The molecule has 1 aromatic rings. The molecule has 1 saturated heterocycles. The van der Waals surface area contributed by atoms with Crippen molar-refractivity contribution < 1.29 is 14.3 Å². The van der Waals surface area contributed by atoms with E-state index >= 15 is 0 Å². The lowest BCUT2D eigenvalue weighted by Crippen LogP contribution is -2.56.